The summed E-state index contributed by atoms with van der Waals surface area (Å²) < 4.78 is 3.35. The van der Waals surface area contributed by atoms with Crippen molar-refractivity contribution in [1.29, 1.82) is 0 Å². The Balaban J connectivity index is 3.39. The molecule has 0 aromatic rings. The van der Waals surface area contributed by atoms with Gasteiger partial charge in [0, 0.05) is 0 Å². The Morgan fingerprint density at radius 3 is 1.50 bits per heavy atom. The molecule has 7 heteroatoms. The number of hydrogen-bond acceptors (Lipinski definition) is 6. The van der Waals surface area contributed by atoms with E-state index in [-0.39, 0.29) is 0 Å². The van der Waals surface area contributed by atoms with Crippen LogP contribution in [-0.4, -0.2) is 40.1 Å². The Morgan fingerprint density at radius 2 is 1.50 bits per heavy atom. The molecule has 6 nitrogen and oxygen atoms in total. The maximum Gasteiger partial charge on any atom is 0.675 e. The summed E-state index contributed by atoms with van der Waals surface area (Å²) in [5, 5.41) is 15.6. The lowest BCUT2D eigenvalue weighted by molar-refractivity contribution is -0.214. The van der Waals surface area contributed by atoms with Gasteiger partial charge in [-0.3, -0.25) is 0 Å². The van der Waals surface area contributed by atoms with E-state index in [2.05, 4.69) is 4.43 Å². The van der Waals surface area contributed by atoms with Crippen molar-refractivity contribution in [1.82, 2.24) is 0 Å². The average Bonchev–Trinajstić information content (AvgIpc) is 1.21. The van der Waals surface area contributed by atoms with Gasteiger partial charge >= 0.3 is 9.05 Å². The van der Waals surface area contributed by atoms with E-state index in [9.17, 15) is 0 Å². The Bertz CT molecular complexity index is 63.4. The second-order valence-electron chi connectivity index (χ2n) is 1.02. The third-order valence-corrected chi connectivity index (χ3v) is 0.791. The maximum atomic E-state index is 7.90. The molecular formula is CH6O6Si. The first-order chi connectivity index (χ1) is 3.42. The van der Waals surface area contributed by atoms with Gasteiger partial charge in [0.05, 0.1) is 0 Å². The van der Waals surface area contributed by atoms with Crippen LogP contribution in [0.25, 0.3) is 0 Å². The van der Waals surface area contributed by atoms with Crippen LogP contribution in [-0.2, 0) is 4.43 Å². The van der Waals surface area contributed by atoms with Crippen LogP contribution in [0, 0.1) is 0 Å². The van der Waals surface area contributed by atoms with E-state index in [1.165, 1.54) is 0 Å². The second-order valence-corrected chi connectivity index (χ2v) is 2.40. The normalized spacial score (nSPS) is 12.8. The molecule has 0 unspecified atom stereocenters. The summed E-state index contributed by atoms with van der Waals surface area (Å²) in [5.41, 5.74) is 0. The zero-order valence-corrected chi connectivity index (χ0v) is 4.72. The van der Waals surface area contributed by atoms with Gasteiger partial charge in [-0.05, 0) is 0 Å². The Labute approximate surface area is 45.7 Å². The average molecular weight is 142 g/mol. The van der Waals surface area contributed by atoms with Crippen LogP contribution in [0.5, 0.6) is 0 Å². The molecule has 0 fully saturated rings. The zero-order valence-electron chi connectivity index (χ0n) is 3.72. The summed E-state index contributed by atoms with van der Waals surface area (Å²) in [6.45, 7) is -2.35. The number of aliphatic hydroxyl groups excluding tert-OH is 1. The van der Waals surface area contributed by atoms with Crippen LogP contribution in [0.4, 0.5) is 0 Å². The molecule has 0 aliphatic carbocycles. The highest BCUT2D eigenvalue weighted by atomic mass is 28.4. The minimum atomic E-state index is -4.72. The zero-order chi connectivity index (χ0) is 6.78. The highest BCUT2D eigenvalue weighted by Crippen LogP contribution is 1.90. The SMILES string of the molecule is OC(O)O[Si](O)(O)O. The van der Waals surface area contributed by atoms with Crippen molar-refractivity contribution in [2.24, 2.45) is 0 Å². The molecule has 0 saturated carbocycles. The van der Waals surface area contributed by atoms with Crippen molar-refractivity contribution in [2.75, 3.05) is 0 Å². The molecule has 0 aromatic heterocycles. The second kappa shape index (κ2) is 2.50. The van der Waals surface area contributed by atoms with E-state index >= 15 is 0 Å². The van der Waals surface area contributed by atoms with E-state index in [1.54, 1.807) is 0 Å². The smallest absolute Gasteiger partial charge is 0.367 e. The van der Waals surface area contributed by atoms with Crippen LogP contribution in [0.3, 0.4) is 0 Å². The molecule has 8 heavy (non-hydrogen) atoms. The van der Waals surface area contributed by atoms with Gasteiger partial charge in [-0.2, -0.15) is 0 Å². The first-order valence-electron chi connectivity index (χ1n) is 1.63. The van der Waals surface area contributed by atoms with Crippen molar-refractivity contribution < 1.29 is 29.0 Å². The largest absolute Gasteiger partial charge is 0.675 e. The fourth-order valence-corrected chi connectivity index (χ4v) is 0.424. The van der Waals surface area contributed by atoms with E-state index in [0.29, 0.717) is 0 Å². The van der Waals surface area contributed by atoms with Crippen molar-refractivity contribution in [3.05, 3.63) is 0 Å². The molecule has 0 aromatic carbocycles. The molecular weight excluding hydrogens is 136 g/mol. The molecule has 0 rings (SSSR count). The molecule has 0 aliphatic heterocycles. The fraction of sp³-hybridized carbons (Fsp3) is 1.00. The van der Waals surface area contributed by atoms with E-state index in [4.69, 9.17) is 24.6 Å². The fourth-order valence-electron chi connectivity index (χ4n) is 0.141. The van der Waals surface area contributed by atoms with Crippen LogP contribution < -0.4 is 0 Å². The summed E-state index contributed by atoms with van der Waals surface area (Å²) in [7, 11) is -4.72. The third kappa shape index (κ3) is 5.98. The molecule has 0 atom stereocenters. The van der Waals surface area contributed by atoms with Gasteiger partial charge in [0.2, 0.25) is 0 Å². The first-order valence-corrected chi connectivity index (χ1v) is 3.38. The van der Waals surface area contributed by atoms with Gasteiger partial charge in [0.1, 0.15) is 0 Å². The lowest BCUT2D eigenvalue weighted by Crippen LogP contribution is -2.42. The van der Waals surface area contributed by atoms with Gasteiger partial charge in [0.25, 0.3) is 6.48 Å². The Kier molecular flexibility index (Phi) is 2.50. The molecule has 5 N–H and O–H groups in total. The number of aliphatic hydroxyl groups is 2. The third-order valence-electron chi connectivity index (χ3n) is 0.264. The predicted molar refractivity (Wildman–Crippen MR) is 21.7 cm³/mol. The molecule has 50 valence electrons. The summed E-state index contributed by atoms with van der Waals surface area (Å²) in [6, 6.07) is 0. The topological polar surface area (TPSA) is 110 Å². The van der Waals surface area contributed by atoms with E-state index in [0.717, 1.165) is 0 Å². The van der Waals surface area contributed by atoms with Crippen LogP contribution in [0.2, 0.25) is 0 Å². The predicted octanol–water partition coefficient (Wildman–Crippen LogP) is -3.32. The molecule has 0 spiro atoms. The minimum Gasteiger partial charge on any atom is -0.367 e. The quantitative estimate of drug-likeness (QED) is 0.204. The summed E-state index contributed by atoms with van der Waals surface area (Å²) in [5.74, 6) is 0. The highest BCUT2D eigenvalue weighted by molar-refractivity contribution is 6.48. The summed E-state index contributed by atoms with van der Waals surface area (Å²) in [6.07, 6.45) is 0. The molecule has 0 heterocycles. The Morgan fingerprint density at radius 1 is 1.12 bits per heavy atom. The first kappa shape index (κ1) is 7.98. The van der Waals surface area contributed by atoms with Crippen molar-refractivity contribution in [3.63, 3.8) is 0 Å². The van der Waals surface area contributed by atoms with Gasteiger partial charge in [0.15, 0.2) is 0 Å². The Hall–Kier alpha value is -0.0231. The molecule has 0 saturated heterocycles. The summed E-state index contributed by atoms with van der Waals surface area (Å²) >= 11 is 0. The molecule has 0 bridgehead atoms. The lowest BCUT2D eigenvalue weighted by Gasteiger charge is -2.09. The standard InChI is InChI=1S/CH6O6Si/c2-1(3)7-8(4,5)6/h1-6H. The van der Waals surface area contributed by atoms with Crippen LogP contribution in [0.15, 0.2) is 0 Å². The van der Waals surface area contributed by atoms with Crippen LogP contribution >= 0.6 is 0 Å². The monoisotopic (exact) mass is 142 g/mol. The van der Waals surface area contributed by atoms with Crippen LogP contribution in [0.1, 0.15) is 0 Å². The lowest BCUT2D eigenvalue weighted by atomic mass is 11.4. The van der Waals surface area contributed by atoms with Crippen molar-refractivity contribution in [2.45, 2.75) is 6.48 Å². The minimum absolute atomic E-state index is 2.35. The molecule has 0 aliphatic rings. The van der Waals surface area contributed by atoms with Gasteiger partial charge in [-0.1, -0.05) is 0 Å². The van der Waals surface area contributed by atoms with Crippen molar-refractivity contribution in [3.8, 4) is 0 Å². The number of rotatable bonds is 2. The number of hydrogen-bond donors (Lipinski definition) is 5. The summed E-state index contributed by atoms with van der Waals surface area (Å²) in [4.78, 5) is 23.7. The van der Waals surface area contributed by atoms with Gasteiger partial charge < -0.3 is 29.0 Å². The maximum absolute atomic E-state index is 7.90. The molecule has 0 radical (unpaired) electrons. The van der Waals surface area contributed by atoms with Gasteiger partial charge in [-0.15, -0.1) is 0 Å². The van der Waals surface area contributed by atoms with E-state index < -0.39 is 15.5 Å². The van der Waals surface area contributed by atoms with Gasteiger partial charge in [-0.25, -0.2) is 0 Å². The highest BCUT2D eigenvalue weighted by Gasteiger charge is 2.33. The van der Waals surface area contributed by atoms with Crippen molar-refractivity contribution >= 4 is 9.05 Å². The van der Waals surface area contributed by atoms with E-state index in [1.807, 2.05) is 0 Å². The molecule has 0 amide bonds.